The lowest BCUT2D eigenvalue weighted by atomic mass is 10.1. The summed E-state index contributed by atoms with van der Waals surface area (Å²) in [6.07, 6.45) is 4.30. The Hall–Kier alpha value is -0.250. The third-order valence-electron chi connectivity index (χ3n) is 2.06. The van der Waals surface area contributed by atoms with E-state index in [0.717, 1.165) is 25.7 Å². The molecule has 1 fully saturated rings. The van der Waals surface area contributed by atoms with Crippen molar-refractivity contribution in [2.45, 2.75) is 25.7 Å². The summed E-state index contributed by atoms with van der Waals surface area (Å²) in [6.45, 7) is 0.180. The number of hydrogen-bond acceptors (Lipinski definition) is 3. The fourth-order valence-corrected chi connectivity index (χ4v) is 1.86. The van der Waals surface area contributed by atoms with Crippen molar-refractivity contribution in [1.82, 2.24) is 0 Å². The molecule has 1 saturated carbocycles. The molecule has 1 unspecified atom stereocenters. The molecule has 1 N–H and O–H groups in total. The Bertz CT molecular complexity index is 202. The average molecular weight is 193 g/mol. The van der Waals surface area contributed by atoms with Crippen LogP contribution in [0.15, 0.2) is 4.95 Å². The van der Waals surface area contributed by atoms with Crippen molar-refractivity contribution < 1.29 is 14.0 Å². The van der Waals surface area contributed by atoms with Crippen LogP contribution in [0, 0.1) is 10.8 Å². The van der Waals surface area contributed by atoms with Gasteiger partial charge in [0.05, 0.1) is 6.61 Å². The Labute approximate surface area is 70.7 Å². The first-order chi connectivity index (χ1) is 5.64. The van der Waals surface area contributed by atoms with Gasteiger partial charge < -0.3 is 4.89 Å². The molecular weight excluding hydrogens is 181 g/mol. The quantitative estimate of drug-likeness (QED) is 0.547. The Balaban J connectivity index is 2.24. The average Bonchev–Trinajstić information content (AvgIpc) is 2.53. The Morgan fingerprint density at radius 2 is 2.08 bits per heavy atom. The maximum Gasteiger partial charge on any atom is 0.487 e. The highest BCUT2D eigenvalue weighted by Gasteiger charge is 2.23. The lowest BCUT2D eigenvalue weighted by Gasteiger charge is -2.08. The number of nitroso groups, excluding NO2 is 1. The van der Waals surface area contributed by atoms with E-state index in [4.69, 9.17) is 4.89 Å². The summed E-state index contributed by atoms with van der Waals surface area (Å²) in [5, 5.41) is 0. The second-order valence-electron chi connectivity index (χ2n) is 3.02. The van der Waals surface area contributed by atoms with E-state index in [0.29, 0.717) is 5.92 Å². The van der Waals surface area contributed by atoms with Crippen molar-refractivity contribution in [3.05, 3.63) is 4.91 Å². The maximum atomic E-state index is 10.6. The molecule has 0 saturated heterocycles. The van der Waals surface area contributed by atoms with E-state index in [1.807, 2.05) is 4.95 Å². The fourth-order valence-electron chi connectivity index (χ4n) is 1.40. The Morgan fingerprint density at radius 3 is 2.58 bits per heavy atom. The summed E-state index contributed by atoms with van der Waals surface area (Å²) >= 11 is 0. The van der Waals surface area contributed by atoms with Crippen LogP contribution in [0.3, 0.4) is 0 Å². The third kappa shape index (κ3) is 3.01. The van der Waals surface area contributed by atoms with Gasteiger partial charge in [0.25, 0.3) is 0 Å². The SMILES string of the molecule is O=NP(=O)(O)OCC1CCCC1. The molecule has 70 valence electrons. The highest BCUT2D eigenvalue weighted by atomic mass is 31.2. The first-order valence-electron chi connectivity index (χ1n) is 3.96. The van der Waals surface area contributed by atoms with Crippen LogP contribution in [0.25, 0.3) is 0 Å². The van der Waals surface area contributed by atoms with Gasteiger partial charge >= 0.3 is 7.75 Å². The monoisotopic (exact) mass is 193 g/mol. The van der Waals surface area contributed by atoms with Gasteiger partial charge in [-0.1, -0.05) is 12.8 Å². The maximum absolute atomic E-state index is 10.6. The van der Waals surface area contributed by atoms with Gasteiger partial charge in [-0.25, -0.2) is 4.57 Å². The zero-order valence-electron chi connectivity index (χ0n) is 6.68. The van der Waals surface area contributed by atoms with Gasteiger partial charge in [-0.3, -0.25) is 4.52 Å². The summed E-state index contributed by atoms with van der Waals surface area (Å²) in [5.74, 6) is 0.326. The fraction of sp³-hybridized carbons (Fsp3) is 1.00. The highest BCUT2D eigenvalue weighted by Crippen LogP contribution is 2.44. The van der Waals surface area contributed by atoms with Gasteiger partial charge in [0.15, 0.2) is 0 Å². The molecule has 0 aliphatic heterocycles. The molecule has 1 rings (SSSR count). The second kappa shape index (κ2) is 4.12. The molecular formula is C6H12NO4P. The smallest absolute Gasteiger partial charge is 0.305 e. The van der Waals surface area contributed by atoms with Crippen molar-refractivity contribution in [1.29, 1.82) is 0 Å². The molecule has 6 heteroatoms. The Kier molecular flexibility index (Phi) is 3.38. The van der Waals surface area contributed by atoms with Crippen LogP contribution in [0.5, 0.6) is 0 Å². The molecule has 0 bridgehead atoms. The van der Waals surface area contributed by atoms with Gasteiger partial charge in [0, 0.05) is 4.95 Å². The van der Waals surface area contributed by atoms with Crippen LogP contribution >= 0.6 is 7.75 Å². The molecule has 0 heterocycles. The van der Waals surface area contributed by atoms with Crippen molar-refractivity contribution in [3.8, 4) is 0 Å². The van der Waals surface area contributed by atoms with E-state index >= 15 is 0 Å². The molecule has 0 aromatic heterocycles. The number of rotatable bonds is 4. The van der Waals surface area contributed by atoms with Crippen LogP contribution in [0.1, 0.15) is 25.7 Å². The first kappa shape index (κ1) is 9.84. The predicted octanol–water partition coefficient (Wildman–Crippen LogP) is 2.06. The van der Waals surface area contributed by atoms with Crippen LogP contribution in [-0.2, 0) is 9.09 Å². The molecule has 0 amide bonds. The van der Waals surface area contributed by atoms with Crippen LogP contribution in [0.4, 0.5) is 0 Å². The van der Waals surface area contributed by atoms with Crippen molar-refractivity contribution >= 4 is 7.75 Å². The molecule has 0 aromatic carbocycles. The van der Waals surface area contributed by atoms with Crippen LogP contribution in [0.2, 0.25) is 0 Å². The molecule has 5 nitrogen and oxygen atoms in total. The molecule has 12 heavy (non-hydrogen) atoms. The molecule has 0 radical (unpaired) electrons. The number of hydrogen-bond donors (Lipinski definition) is 1. The molecule has 1 aliphatic rings. The molecule has 0 spiro atoms. The summed E-state index contributed by atoms with van der Waals surface area (Å²) in [5.41, 5.74) is 0. The summed E-state index contributed by atoms with van der Waals surface area (Å²) in [6, 6.07) is 0. The predicted molar refractivity (Wildman–Crippen MR) is 43.5 cm³/mol. The van der Waals surface area contributed by atoms with E-state index in [1.54, 1.807) is 0 Å². The number of nitrogens with zero attached hydrogens (tertiary/aromatic N) is 1. The topological polar surface area (TPSA) is 76.0 Å². The first-order valence-corrected chi connectivity index (χ1v) is 5.49. The van der Waals surface area contributed by atoms with E-state index in [9.17, 15) is 9.47 Å². The molecule has 0 aromatic rings. The van der Waals surface area contributed by atoms with E-state index in [-0.39, 0.29) is 6.61 Å². The largest absolute Gasteiger partial charge is 0.487 e. The molecule has 1 atom stereocenters. The van der Waals surface area contributed by atoms with Crippen LogP contribution < -0.4 is 0 Å². The normalized spacial score (nSPS) is 23.8. The molecule has 1 aliphatic carbocycles. The minimum atomic E-state index is -4.16. The Morgan fingerprint density at radius 1 is 1.50 bits per heavy atom. The van der Waals surface area contributed by atoms with Gasteiger partial charge in [-0.05, 0) is 18.8 Å². The van der Waals surface area contributed by atoms with Crippen molar-refractivity contribution in [3.63, 3.8) is 0 Å². The lowest BCUT2D eigenvalue weighted by Crippen LogP contribution is -2.02. The van der Waals surface area contributed by atoms with E-state index in [1.165, 1.54) is 0 Å². The zero-order valence-corrected chi connectivity index (χ0v) is 7.57. The van der Waals surface area contributed by atoms with Crippen molar-refractivity contribution in [2.24, 2.45) is 10.9 Å². The van der Waals surface area contributed by atoms with E-state index in [2.05, 4.69) is 4.52 Å². The van der Waals surface area contributed by atoms with Gasteiger partial charge in [0.1, 0.15) is 0 Å². The summed E-state index contributed by atoms with van der Waals surface area (Å²) in [4.78, 5) is 20.4. The lowest BCUT2D eigenvalue weighted by molar-refractivity contribution is 0.217. The standard InChI is InChI=1S/C6H12NO4P/c8-7-12(9,10)11-5-6-3-1-2-4-6/h6H,1-5H2,(H,9,10). The van der Waals surface area contributed by atoms with Crippen LogP contribution in [-0.4, -0.2) is 11.5 Å². The van der Waals surface area contributed by atoms with E-state index < -0.39 is 7.75 Å². The summed E-state index contributed by atoms with van der Waals surface area (Å²) < 4.78 is 15.1. The third-order valence-corrected chi connectivity index (χ3v) is 2.75. The second-order valence-corrected chi connectivity index (χ2v) is 4.42. The highest BCUT2D eigenvalue weighted by molar-refractivity contribution is 7.51. The van der Waals surface area contributed by atoms with Crippen molar-refractivity contribution in [2.75, 3.05) is 6.61 Å². The summed E-state index contributed by atoms with van der Waals surface area (Å²) in [7, 11) is -4.16. The zero-order chi connectivity index (χ0) is 9.03. The minimum absolute atomic E-state index is 0.180. The van der Waals surface area contributed by atoms with Gasteiger partial charge in [0.2, 0.25) is 0 Å². The minimum Gasteiger partial charge on any atom is -0.305 e. The van der Waals surface area contributed by atoms with Gasteiger partial charge in [-0.2, -0.15) is 0 Å². The van der Waals surface area contributed by atoms with Gasteiger partial charge in [-0.15, -0.1) is 4.91 Å².